The van der Waals surface area contributed by atoms with Gasteiger partial charge in [-0.1, -0.05) is 0 Å². The molecule has 4 rings (SSSR count). The second-order valence-electron chi connectivity index (χ2n) is 6.67. The summed E-state index contributed by atoms with van der Waals surface area (Å²) in [6.45, 7) is 0.302. The molecule has 0 atom stereocenters. The maximum Gasteiger partial charge on any atom is 0.240 e. The van der Waals surface area contributed by atoms with Crippen molar-refractivity contribution in [1.82, 2.24) is 9.71 Å². The average molecular weight is 374 g/mol. The summed E-state index contributed by atoms with van der Waals surface area (Å²) in [5.41, 5.74) is 1.86. The number of aromatic nitrogens is 1. The third kappa shape index (κ3) is 2.97. The van der Waals surface area contributed by atoms with Crippen molar-refractivity contribution in [3.05, 3.63) is 60.0 Å². The molecule has 1 aromatic heterocycles. The van der Waals surface area contributed by atoms with Crippen molar-refractivity contribution in [1.29, 1.82) is 0 Å². The number of halogens is 1. The average Bonchev–Trinajstić information content (AvgIpc) is 3.31. The molecule has 5 nitrogen and oxygen atoms in total. The minimum absolute atomic E-state index is 0.0651. The predicted molar refractivity (Wildman–Crippen MR) is 97.4 cm³/mol. The number of rotatable bonds is 6. The Morgan fingerprint density at radius 1 is 1.19 bits per heavy atom. The Balaban J connectivity index is 1.60. The number of nitrogens with one attached hydrogen (secondary N) is 2. The SMILES string of the molecule is COc1ccc2[nH]cc(C3(CNS(=O)(=O)c4ccc(F)cc4)CC3)c2c1. The molecule has 0 amide bonds. The molecule has 136 valence electrons. The van der Waals surface area contributed by atoms with Gasteiger partial charge >= 0.3 is 0 Å². The zero-order chi connectivity index (χ0) is 18.4. The largest absolute Gasteiger partial charge is 0.497 e. The van der Waals surface area contributed by atoms with E-state index in [1.165, 1.54) is 12.1 Å². The van der Waals surface area contributed by atoms with Crippen LogP contribution in [0.5, 0.6) is 5.75 Å². The quantitative estimate of drug-likeness (QED) is 0.695. The number of fused-ring (bicyclic) bond motifs is 1. The number of H-pyrrole nitrogens is 1. The highest BCUT2D eigenvalue weighted by Gasteiger charge is 2.46. The van der Waals surface area contributed by atoms with Gasteiger partial charge in [-0.3, -0.25) is 0 Å². The third-order valence-electron chi connectivity index (χ3n) is 5.04. The number of sulfonamides is 1. The van der Waals surface area contributed by atoms with Crippen molar-refractivity contribution in [3.63, 3.8) is 0 Å². The number of hydrogen-bond acceptors (Lipinski definition) is 3. The molecule has 1 fully saturated rings. The van der Waals surface area contributed by atoms with E-state index in [9.17, 15) is 12.8 Å². The second kappa shape index (κ2) is 6.10. The predicted octanol–water partition coefficient (Wildman–Crippen LogP) is 3.33. The van der Waals surface area contributed by atoms with Crippen molar-refractivity contribution in [2.24, 2.45) is 0 Å². The van der Waals surface area contributed by atoms with Crippen LogP contribution in [0.3, 0.4) is 0 Å². The van der Waals surface area contributed by atoms with E-state index in [4.69, 9.17) is 4.74 Å². The first-order valence-electron chi connectivity index (χ1n) is 8.34. The maximum atomic E-state index is 13.0. The Kier molecular flexibility index (Phi) is 4.00. The lowest BCUT2D eigenvalue weighted by atomic mass is 9.95. The zero-order valence-corrected chi connectivity index (χ0v) is 15.1. The molecule has 0 spiro atoms. The van der Waals surface area contributed by atoms with Crippen LogP contribution in [-0.2, 0) is 15.4 Å². The number of ether oxygens (including phenoxy) is 1. The molecule has 0 radical (unpaired) electrons. The van der Waals surface area contributed by atoms with E-state index in [0.29, 0.717) is 6.54 Å². The Morgan fingerprint density at radius 3 is 2.58 bits per heavy atom. The van der Waals surface area contributed by atoms with Crippen molar-refractivity contribution >= 4 is 20.9 Å². The van der Waals surface area contributed by atoms with Crippen LogP contribution in [0.1, 0.15) is 18.4 Å². The number of aromatic amines is 1. The molecule has 0 saturated heterocycles. The minimum Gasteiger partial charge on any atom is -0.497 e. The van der Waals surface area contributed by atoms with Gasteiger partial charge in [0.05, 0.1) is 12.0 Å². The Morgan fingerprint density at radius 2 is 1.92 bits per heavy atom. The van der Waals surface area contributed by atoms with Gasteiger partial charge in [-0.15, -0.1) is 0 Å². The highest BCUT2D eigenvalue weighted by molar-refractivity contribution is 7.89. The van der Waals surface area contributed by atoms with Gasteiger partial charge in [0, 0.05) is 29.1 Å². The van der Waals surface area contributed by atoms with E-state index >= 15 is 0 Å². The fraction of sp³-hybridized carbons (Fsp3) is 0.263. The second-order valence-corrected chi connectivity index (χ2v) is 8.44. The van der Waals surface area contributed by atoms with E-state index in [-0.39, 0.29) is 10.3 Å². The minimum atomic E-state index is -3.68. The van der Waals surface area contributed by atoms with Crippen molar-refractivity contribution in [2.75, 3.05) is 13.7 Å². The van der Waals surface area contributed by atoms with Crippen LogP contribution >= 0.6 is 0 Å². The Labute approximate surface area is 151 Å². The van der Waals surface area contributed by atoms with Gasteiger partial charge in [0.1, 0.15) is 11.6 Å². The molecule has 1 aliphatic rings. The summed E-state index contributed by atoms with van der Waals surface area (Å²) in [4.78, 5) is 3.31. The van der Waals surface area contributed by atoms with Gasteiger partial charge in [-0.05, 0) is 60.9 Å². The van der Waals surface area contributed by atoms with Crippen LogP contribution in [0.25, 0.3) is 10.9 Å². The number of benzene rings is 2. The van der Waals surface area contributed by atoms with E-state index in [0.717, 1.165) is 47.2 Å². The lowest BCUT2D eigenvalue weighted by Crippen LogP contribution is -2.32. The summed E-state index contributed by atoms with van der Waals surface area (Å²) in [5.74, 6) is 0.302. The van der Waals surface area contributed by atoms with Gasteiger partial charge < -0.3 is 9.72 Å². The van der Waals surface area contributed by atoms with Gasteiger partial charge in [-0.25, -0.2) is 17.5 Å². The monoisotopic (exact) mass is 374 g/mol. The smallest absolute Gasteiger partial charge is 0.240 e. The normalized spacial score (nSPS) is 15.9. The van der Waals surface area contributed by atoms with E-state index in [1.54, 1.807) is 7.11 Å². The van der Waals surface area contributed by atoms with Crippen LogP contribution in [0, 0.1) is 5.82 Å². The topological polar surface area (TPSA) is 71.2 Å². The molecule has 1 aliphatic carbocycles. The molecule has 7 heteroatoms. The fourth-order valence-corrected chi connectivity index (χ4v) is 4.42. The highest BCUT2D eigenvalue weighted by atomic mass is 32.2. The molecule has 0 unspecified atom stereocenters. The molecule has 2 aromatic carbocycles. The van der Waals surface area contributed by atoms with Crippen LogP contribution in [0.15, 0.2) is 53.6 Å². The first-order chi connectivity index (χ1) is 12.4. The van der Waals surface area contributed by atoms with Crippen LogP contribution in [-0.4, -0.2) is 27.1 Å². The van der Waals surface area contributed by atoms with Crippen LogP contribution in [0.2, 0.25) is 0 Å². The molecular formula is C19H19FN2O3S. The maximum absolute atomic E-state index is 13.0. The Hall–Kier alpha value is -2.38. The van der Waals surface area contributed by atoms with Gasteiger partial charge in [0.25, 0.3) is 0 Å². The van der Waals surface area contributed by atoms with Crippen LogP contribution < -0.4 is 9.46 Å². The van der Waals surface area contributed by atoms with Gasteiger partial charge in [0.2, 0.25) is 10.0 Å². The van der Waals surface area contributed by atoms with E-state index in [2.05, 4.69) is 9.71 Å². The summed E-state index contributed by atoms with van der Waals surface area (Å²) >= 11 is 0. The standard InChI is InChI=1S/C19H19FN2O3S/c1-25-14-4-7-18-16(10-14)17(11-21-18)19(8-9-19)12-22-26(23,24)15-5-2-13(20)3-6-15/h2-7,10-11,21-22H,8-9,12H2,1H3. The summed E-state index contributed by atoms with van der Waals surface area (Å²) < 4.78 is 46.0. The van der Waals surface area contributed by atoms with Crippen molar-refractivity contribution < 1.29 is 17.5 Å². The lowest BCUT2D eigenvalue weighted by Gasteiger charge is -2.16. The first-order valence-corrected chi connectivity index (χ1v) is 9.83. The van der Waals surface area contributed by atoms with Crippen molar-refractivity contribution in [3.8, 4) is 5.75 Å². The molecule has 0 bridgehead atoms. The molecule has 26 heavy (non-hydrogen) atoms. The third-order valence-corrected chi connectivity index (χ3v) is 6.46. The fourth-order valence-electron chi connectivity index (χ4n) is 3.29. The zero-order valence-electron chi connectivity index (χ0n) is 14.3. The van der Waals surface area contributed by atoms with Gasteiger partial charge in [-0.2, -0.15) is 0 Å². The van der Waals surface area contributed by atoms with Crippen molar-refractivity contribution in [2.45, 2.75) is 23.2 Å². The summed E-state index contributed by atoms with van der Waals surface area (Å²) in [7, 11) is -2.06. The molecule has 2 N–H and O–H groups in total. The number of methoxy groups -OCH3 is 1. The lowest BCUT2D eigenvalue weighted by molar-refractivity contribution is 0.415. The molecule has 0 aliphatic heterocycles. The molecule has 3 aromatic rings. The molecular weight excluding hydrogens is 355 g/mol. The van der Waals surface area contributed by atoms with Crippen LogP contribution in [0.4, 0.5) is 4.39 Å². The summed E-state index contributed by atoms with van der Waals surface area (Å²) in [6.07, 6.45) is 3.76. The number of hydrogen-bond donors (Lipinski definition) is 2. The van der Waals surface area contributed by atoms with E-state index in [1.807, 2.05) is 24.4 Å². The molecule has 1 saturated carbocycles. The highest BCUT2D eigenvalue weighted by Crippen LogP contribution is 2.50. The van der Waals surface area contributed by atoms with Gasteiger partial charge in [0.15, 0.2) is 0 Å². The summed E-state index contributed by atoms with van der Waals surface area (Å²) in [6, 6.07) is 10.6. The first kappa shape index (κ1) is 17.1. The molecule has 1 heterocycles. The summed E-state index contributed by atoms with van der Waals surface area (Å²) in [5, 5.41) is 1.04. The Bertz CT molecular complexity index is 1050. The van der Waals surface area contributed by atoms with E-state index < -0.39 is 15.8 Å².